The maximum atomic E-state index is 12.6. The van der Waals surface area contributed by atoms with Crippen LogP contribution in [0.3, 0.4) is 0 Å². The second kappa shape index (κ2) is 9.32. The van der Waals surface area contributed by atoms with Crippen LogP contribution < -0.4 is 4.83 Å². The number of nitrogens with one attached hydrogen (secondary N) is 1. The molecule has 1 unspecified atom stereocenters. The fourth-order valence-electron chi connectivity index (χ4n) is 2.60. The quantitative estimate of drug-likeness (QED) is 0.427. The highest BCUT2D eigenvalue weighted by Crippen LogP contribution is 2.18. The Bertz CT molecular complexity index is 891. The van der Waals surface area contributed by atoms with E-state index in [4.69, 9.17) is 4.74 Å². The third kappa shape index (κ3) is 5.65. The van der Waals surface area contributed by atoms with Crippen molar-refractivity contribution in [2.24, 2.45) is 11.0 Å². The Morgan fingerprint density at radius 1 is 1.11 bits per heavy atom. The average molecular weight is 388 g/mol. The van der Waals surface area contributed by atoms with Crippen molar-refractivity contribution in [3.8, 4) is 0 Å². The van der Waals surface area contributed by atoms with E-state index in [0.717, 1.165) is 11.1 Å². The van der Waals surface area contributed by atoms with Gasteiger partial charge < -0.3 is 4.74 Å². The van der Waals surface area contributed by atoms with Gasteiger partial charge in [-0.2, -0.15) is 18.4 Å². The number of hydrogen-bond acceptors (Lipinski definition) is 5. The summed E-state index contributed by atoms with van der Waals surface area (Å²) in [5.74, 6) is -0.646. The zero-order valence-corrected chi connectivity index (χ0v) is 16.5. The van der Waals surface area contributed by atoms with Crippen LogP contribution in [0.5, 0.6) is 0 Å². The Balaban J connectivity index is 2.37. The van der Waals surface area contributed by atoms with Crippen LogP contribution in [0.4, 0.5) is 0 Å². The molecule has 7 heteroatoms. The summed E-state index contributed by atoms with van der Waals surface area (Å²) in [7, 11) is -2.48. The number of carbonyl (C=O) groups excluding carboxylic acids is 1. The molecule has 0 aromatic heterocycles. The van der Waals surface area contributed by atoms with Crippen molar-refractivity contribution in [2.45, 2.75) is 31.6 Å². The van der Waals surface area contributed by atoms with E-state index in [9.17, 15) is 13.2 Å². The number of nitrogens with zero attached hydrogens (tertiary/aromatic N) is 1. The second-order valence-electron chi connectivity index (χ2n) is 6.16. The van der Waals surface area contributed by atoms with E-state index in [1.165, 1.54) is 19.2 Å². The molecule has 1 N–H and O–H groups in total. The lowest BCUT2D eigenvalue weighted by Gasteiger charge is -2.17. The SMILES string of the molecule is CCC(CC(=O)OC)/C(=N\NS(=O)(=O)c1ccc(C)cc1)c1ccccc1. The standard InChI is InChI=1S/C20H24N2O4S/c1-4-16(14-19(23)26-3)20(17-8-6-5-7-9-17)21-22-27(24,25)18-12-10-15(2)11-13-18/h5-13,16,22H,4,14H2,1-3H3/b21-20+. The number of benzene rings is 2. The molecule has 1 atom stereocenters. The predicted octanol–water partition coefficient (Wildman–Crippen LogP) is 3.27. The largest absolute Gasteiger partial charge is 0.469 e. The number of esters is 1. The van der Waals surface area contributed by atoms with Gasteiger partial charge in [0.15, 0.2) is 0 Å². The first-order valence-electron chi connectivity index (χ1n) is 8.65. The highest BCUT2D eigenvalue weighted by atomic mass is 32.2. The fourth-order valence-corrected chi connectivity index (χ4v) is 3.42. The van der Waals surface area contributed by atoms with Gasteiger partial charge in [-0.15, -0.1) is 0 Å². The Morgan fingerprint density at radius 3 is 2.30 bits per heavy atom. The van der Waals surface area contributed by atoms with Gasteiger partial charge >= 0.3 is 5.97 Å². The normalized spacial score (nSPS) is 13.1. The van der Waals surface area contributed by atoms with Crippen molar-refractivity contribution in [1.29, 1.82) is 0 Å². The molecule has 144 valence electrons. The fraction of sp³-hybridized carbons (Fsp3) is 0.300. The van der Waals surface area contributed by atoms with Crippen LogP contribution >= 0.6 is 0 Å². The molecular formula is C20H24N2O4S. The van der Waals surface area contributed by atoms with Gasteiger partial charge in [0.1, 0.15) is 0 Å². The Kier molecular flexibility index (Phi) is 7.12. The van der Waals surface area contributed by atoms with E-state index in [2.05, 4.69) is 9.93 Å². The summed E-state index contributed by atoms with van der Waals surface area (Å²) in [6.07, 6.45) is 0.724. The van der Waals surface area contributed by atoms with Crippen LogP contribution in [-0.2, 0) is 19.6 Å². The molecule has 0 aliphatic heterocycles. The molecule has 2 aromatic rings. The van der Waals surface area contributed by atoms with Gasteiger partial charge in [0.2, 0.25) is 0 Å². The third-order valence-electron chi connectivity index (χ3n) is 4.21. The Morgan fingerprint density at radius 2 is 1.74 bits per heavy atom. The predicted molar refractivity (Wildman–Crippen MR) is 105 cm³/mol. The number of sulfonamides is 1. The number of carbonyl (C=O) groups is 1. The van der Waals surface area contributed by atoms with Crippen molar-refractivity contribution in [3.05, 3.63) is 65.7 Å². The summed E-state index contributed by atoms with van der Waals surface area (Å²) in [5.41, 5.74) is 2.21. The van der Waals surface area contributed by atoms with Crippen LogP contribution in [0.25, 0.3) is 0 Å². The van der Waals surface area contributed by atoms with E-state index in [1.54, 1.807) is 12.1 Å². The van der Waals surface area contributed by atoms with Gasteiger partial charge in [-0.05, 0) is 31.0 Å². The molecule has 2 aromatic carbocycles. The number of hydrogen-bond donors (Lipinski definition) is 1. The number of rotatable bonds is 8. The van der Waals surface area contributed by atoms with Crippen LogP contribution in [0.1, 0.15) is 30.9 Å². The lowest BCUT2D eigenvalue weighted by atomic mass is 9.91. The van der Waals surface area contributed by atoms with Crippen LogP contribution in [-0.4, -0.2) is 27.2 Å². The minimum Gasteiger partial charge on any atom is -0.469 e. The molecule has 0 saturated carbocycles. The van der Waals surface area contributed by atoms with Crippen molar-refractivity contribution in [3.63, 3.8) is 0 Å². The zero-order valence-electron chi connectivity index (χ0n) is 15.7. The van der Waals surface area contributed by atoms with E-state index < -0.39 is 10.0 Å². The number of ether oxygens (including phenoxy) is 1. The summed E-state index contributed by atoms with van der Waals surface area (Å²) in [6.45, 7) is 3.80. The monoisotopic (exact) mass is 388 g/mol. The van der Waals surface area contributed by atoms with Crippen LogP contribution in [0.2, 0.25) is 0 Å². The molecule has 0 aliphatic carbocycles. The smallest absolute Gasteiger partial charge is 0.306 e. The maximum Gasteiger partial charge on any atom is 0.306 e. The molecule has 0 saturated heterocycles. The molecule has 6 nitrogen and oxygen atoms in total. The van der Waals surface area contributed by atoms with Crippen LogP contribution in [0.15, 0.2) is 64.6 Å². The molecule has 0 heterocycles. The minimum absolute atomic E-state index is 0.118. The molecular weight excluding hydrogens is 364 g/mol. The molecule has 0 amide bonds. The van der Waals surface area contributed by atoms with E-state index in [1.807, 2.05) is 44.2 Å². The van der Waals surface area contributed by atoms with Gasteiger partial charge in [0, 0.05) is 5.92 Å². The topological polar surface area (TPSA) is 84.8 Å². The maximum absolute atomic E-state index is 12.6. The van der Waals surface area contributed by atoms with Gasteiger partial charge in [-0.1, -0.05) is 55.0 Å². The number of aryl methyl sites for hydroxylation is 1. The first kappa shape index (κ1) is 20.6. The lowest BCUT2D eigenvalue weighted by molar-refractivity contribution is -0.141. The number of hydrazone groups is 1. The van der Waals surface area contributed by atoms with Gasteiger partial charge in [-0.3, -0.25) is 4.79 Å². The summed E-state index contributed by atoms with van der Waals surface area (Å²) in [4.78, 5) is 14.2. The Hall–Kier alpha value is -2.67. The van der Waals surface area contributed by atoms with Crippen molar-refractivity contribution < 1.29 is 17.9 Å². The molecule has 0 spiro atoms. The highest BCUT2D eigenvalue weighted by molar-refractivity contribution is 7.89. The highest BCUT2D eigenvalue weighted by Gasteiger charge is 2.22. The molecule has 2 rings (SSSR count). The average Bonchev–Trinajstić information content (AvgIpc) is 2.68. The molecule has 0 fully saturated rings. The first-order valence-corrected chi connectivity index (χ1v) is 10.1. The minimum atomic E-state index is -3.81. The zero-order chi connectivity index (χ0) is 19.9. The molecule has 0 bridgehead atoms. The van der Waals surface area contributed by atoms with Gasteiger partial charge in [-0.25, -0.2) is 0 Å². The number of methoxy groups -OCH3 is 1. The van der Waals surface area contributed by atoms with Crippen molar-refractivity contribution in [2.75, 3.05) is 7.11 Å². The van der Waals surface area contributed by atoms with Gasteiger partial charge in [0.05, 0.1) is 24.1 Å². The third-order valence-corrected chi connectivity index (χ3v) is 5.43. The van der Waals surface area contributed by atoms with E-state index in [0.29, 0.717) is 12.1 Å². The van der Waals surface area contributed by atoms with Crippen molar-refractivity contribution in [1.82, 2.24) is 4.83 Å². The van der Waals surface area contributed by atoms with E-state index in [-0.39, 0.29) is 23.2 Å². The first-order chi connectivity index (χ1) is 12.9. The Labute approximate surface area is 160 Å². The molecule has 0 radical (unpaired) electrons. The van der Waals surface area contributed by atoms with Gasteiger partial charge in [0.25, 0.3) is 10.0 Å². The summed E-state index contributed by atoms with van der Waals surface area (Å²) in [5, 5.41) is 4.19. The lowest BCUT2D eigenvalue weighted by Crippen LogP contribution is -2.26. The summed E-state index contributed by atoms with van der Waals surface area (Å²) >= 11 is 0. The van der Waals surface area contributed by atoms with Crippen molar-refractivity contribution >= 4 is 21.7 Å². The van der Waals surface area contributed by atoms with Crippen LogP contribution in [0, 0.1) is 12.8 Å². The second-order valence-corrected chi connectivity index (χ2v) is 7.82. The molecule has 0 aliphatic rings. The summed E-state index contributed by atoms with van der Waals surface area (Å²) in [6, 6.07) is 15.7. The summed E-state index contributed by atoms with van der Waals surface area (Å²) < 4.78 is 29.9. The van der Waals surface area contributed by atoms with E-state index >= 15 is 0 Å². The molecule has 27 heavy (non-hydrogen) atoms.